The molecule has 0 aliphatic carbocycles. The van der Waals surface area contributed by atoms with Crippen molar-refractivity contribution in [1.82, 2.24) is 4.57 Å². The van der Waals surface area contributed by atoms with Crippen molar-refractivity contribution in [3.05, 3.63) is 74.6 Å². The molecule has 0 saturated heterocycles. The van der Waals surface area contributed by atoms with E-state index in [2.05, 4.69) is 4.99 Å². The number of aromatic hydroxyl groups is 1. The maximum Gasteiger partial charge on any atom is 0.271 e. The third kappa shape index (κ3) is 2.95. The third-order valence-electron chi connectivity index (χ3n) is 4.16. The monoisotopic (exact) mass is 351 g/mol. The molecule has 0 aliphatic rings. The number of benzene rings is 2. The van der Waals surface area contributed by atoms with Crippen LogP contribution >= 0.6 is 0 Å². The molecule has 0 aliphatic heterocycles. The molecule has 1 aromatic heterocycles. The van der Waals surface area contributed by atoms with Gasteiger partial charge in [-0.15, -0.1) is 0 Å². The highest BCUT2D eigenvalue weighted by Gasteiger charge is 2.18. The van der Waals surface area contributed by atoms with Crippen LogP contribution in [0.5, 0.6) is 5.75 Å². The second kappa shape index (κ2) is 6.79. The summed E-state index contributed by atoms with van der Waals surface area (Å²) in [5.74, 6) is -0.137. The summed E-state index contributed by atoms with van der Waals surface area (Å²) in [5, 5.41) is 22.1. The van der Waals surface area contributed by atoms with Crippen molar-refractivity contribution in [2.45, 2.75) is 20.4 Å². The van der Waals surface area contributed by atoms with E-state index < -0.39 is 4.92 Å². The Morgan fingerprint density at radius 3 is 2.65 bits per heavy atom. The Bertz CT molecular complexity index is 1100. The summed E-state index contributed by atoms with van der Waals surface area (Å²) in [4.78, 5) is 27.6. The molecule has 7 nitrogen and oxygen atoms in total. The lowest BCUT2D eigenvalue weighted by Crippen LogP contribution is -2.25. The second-order valence-electron chi connectivity index (χ2n) is 5.76. The van der Waals surface area contributed by atoms with E-state index in [-0.39, 0.29) is 22.6 Å². The van der Waals surface area contributed by atoms with Gasteiger partial charge in [-0.1, -0.05) is 18.2 Å². The maximum absolute atomic E-state index is 12.9. The number of pyridine rings is 1. The zero-order chi connectivity index (χ0) is 18.8. The van der Waals surface area contributed by atoms with Gasteiger partial charge in [-0.25, -0.2) is 0 Å². The molecular formula is C19H17N3O4. The van der Waals surface area contributed by atoms with Crippen LogP contribution in [0.2, 0.25) is 0 Å². The van der Waals surface area contributed by atoms with Crippen LogP contribution < -0.4 is 5.56 Å². The zero-order valence-electron chi connectivity index (χ0n) is 14.3. The van der Waals surface area contributed by atoms with Crippen molar-refractivity contribution in [1.29, 1.82) is 0 Å². The maximum atomic E-state index is 12.9. The fourth-order valence-electron chi connectivity index (χ4n) is 2.96. The van der Waals surface area contributed by atoms with E-state index in [4.69, 9.17) is 0 Å². The lowest BCUT2D eigenvalue weighted by molar-refractivity contribution is -0.384. The number of nitro groups is 1. The number of non-ortho nitro benzene ring substituents is 1. The lowest BCUT2D eigenvalue weighted by atomic mass is 10.1. The number of nitrogens with zero attached hydrogens (tertiary/aromatic N) is 3. The van der Waals surface area contributed by atoms with Crippen molar-refractivity contribution < 1.29 is 10.0 Å². The van der Waals surface area contributed by atoms with Gasteiger partial charge < -0.3 is 9.67 Å². The SMILES string of the molecule is CCn1c(=O)c(C(C)=Nc2cccc([N+](=O)[O-])c2)c(O)c2ccccc21. The first kappa shape index (κ1) is 17.3. The van der Waals surface area contributed by atoms with Crippen LogP contribution in [0, 0.1) is 10.1 Å². The Morgan fingerprint density at radius 1 is 1.23 bits per heavy atom. The molecule has 0 fully saturated rings. The molecule has 132 valence electrons. The Kier molecular flexibility index (Phi) is 4.53. The molecule has 26 heavy (non-hydrogen) atoms. The summed E-state index contributed by atoms with van der Waals surface area (Å²) in [7, 11) is 0. The number of hydrogen-bond donors (Lipinski definition) is 1. The molecule has 0 amide bonds. The number of aryl methyl sites for hydroxylation is 1. The van der Waals surface area contributed by atoms with Gasteiger partial charge in [0.05, 0.1) is 21.8 Å². The van der Waals surface area contributed by atoms with Crippen LogP contribution in [-0.4, -0.2) is 20.3 Å². The van der Waals surface area contributed by atoms with E-state index in [0.717, 1.165) is 0 Å². The van der Waals surface area contributed by atoms with Gasteiger partial charge in [0.25, 0.3) is 11.2 Å². The summed E-state index contributed by atoms with van der Waals surface area (Å²) < 4.78 is 1.57. The third-order valence-corrected chi connectivity index (χ3v) is 4.16. The second-order valence-corrected chi connectivity index (χ2v) is 5.76. The van der Waals surface area contributed by atoms with E-state index in [1.165, 1.54) is 18.2 Å². The largest absolute Gasteiger partial charge is 0.506 e. The van der Waals surface area contributed by atoms with Crippen molar-refractivity contribution in [3.8, 4) is 5.75 Å². The highest BCUT2D eigenvalue weighted by molar-refractivity contribution is 6.06. The Morgan fingerprint density at radius 2 is 1.96 bits per heavy atom. The Balaban J connectivity index is 2.23. The first-order valence-electron chi connectivity index (χ1n) is 8.08. The molecule has 0 spiro atoms. The summed E-state index contributed by atoms with van der Waals surface area (Å²) in [6.45, 7) is 3.89. The molecular weight excluding hydrogens is 334 g/mol. The summed E-state index contributed by atoms with van der Waals surface area (Å²) in [6.07, 6.45) is 0. The van der Waals surface area contributed by atoms with Crippen LogP contribution in [0.1, 0.15) is 19.4 Å². The first-order chi connectivity index (χ1) is 12.4. The first-order valence-corrected chi connectivity index (χ1v) is 8.08. The van der Waals surface area contributed by atoms with E-state index in [0.29, 0.717) is 28.8 Å². The van der Waals surface area contributed by atoms with Crippen LogP contribution in [-0.2, 0) is 6.54 Å². The fraction of sp³-hybridized carbons (Fsp3) is 0.158. The molecule has 1 N–H and O–H groups in total. The van der Waals surface area contributed by atoms with Gasteiger partial charge in [0.2, 0.25) is 0 Å². The predicted octanol–water partition coefficient (Wildman–Crippen LogP) is 3.78. The number of hydrogen-bond acceptors (Lipinski definition) is 5. The minimum absolute atomic E-state index is 0.0900. The van der Waals surface area contributed by atoms with Gasteiger partial charge in [0.1, 0.15) is 11.3 Å². The van der Waals surface area contributed by atoms with Crippen molar-refractivity contribution >= 4 is 28.0 Å². The Hall–Kier alpha value is -3.48. The normalized spacial score (nSPS) is 11.7. The highest BCUT2D eigenvalue weighted by Crippen LogP contribution is 2.28. The van der Waals surface area contributed by atoms with Crippen LogP contribution in [0.3, 0.4) is 0 Å². The fourth-order valence-corrected chi connectivity index (χ4v) is 2.96. The number of aliphatic imine (C=N–C) groups is 1. The predicted molar refractivity (Wildman–Crippen MR) is 101 cm³/mol. The van der Waals surface area contributed by atoms with Crippen LogP contribution in [0.15, 0.2) is 58.3 Å². The number of rotatable bonds is 4. The number of aromatic nitrogens is 1. The molecule has 0 radical (unpaired) electrons. The number of fused-ring (bicyclic) bond motifs is 1. The van der Waals surface area contributed by atoms with E-state index in [9.17, 15) is 20.0 Å². The van der Waals surface area contributed by atoms with Gasteiger partial charge in [0.15, 0.2) is 0 Å². The van der Waals surface area contributed by atoms with Gasteiger partial charge in [-0.05, 0) is 32.0 Å². The molecule has 0 unspecified atom stereocenters. The van der Waals surface area contributed by atoms with Crippen molar-refractivity contribution in [2.24, 2.45) is 4.99 Å². The minimum Gasteiger partial charge on any atom is -0.506 e. The van der Waals surface area contributed by atoms with Crippen LogP contribution in [0.25, 0.3) is 10.9 Å². The van der Waals surface area contributed by atoms with E-state index in [1.54, 1.807) is 41.8 Å². The summed E-state index contributed by atoms with van der Waals surface area (Å²) in [6, 6.07) is 12.9. The van der Waals surface area contributed by atoms with E-state index in [1.807, 2.05) is 6.92 Å². The molecule has 3 rings (SSSR count). The number of nitro benzene ring substituents is 1. The van der Waals surface area contributed by atoms with Crippen molar-refractivity contribution in [2.75, 3.05) is 0 Å². The molecule has 7 heteroatoms. The van der Waals surface area contributed by atoms with Gasteiger partial charge in [-0.2, -0.15) is 0 Å². The Labute approximate surface area is 149 Å². The van der Waals surface area contributed by atoms with Gasteiger partial charge >= 0.3 is 0 Å². The molecule has 0 bridgehead atoms. The minimum atomic E-state index is -0.508. The lowest BCUT2D eigenvalue weighted by Gasteiger charge is -2.13. The zero-order valence-corrected chi connectivity index (χ0v) is 14.3. The summed E-state index contributed by atoms with van der Waals surface area (Å²) in [5.41, 5.74) is 0.928. The average Bonchev–Trinajstić information content (AvgIpc) is 2.62. The smallest absolute Gasteiger partial charge is 0.271 e. The molecule has 3 aromatic rings. The average molecular weight is 351 g/mol. The molecule has 0 atom stereocenters. The molecule has 2 aromatic carbocycles. The summed E-state index contributed by atoms with van der Waals surface area (Å²) >= 11 is 0. The van der Waals surface area contributed by atoms with Crippen molar-refractivity contribution in [3.63, 3.8) is 0 Å². The van der Waals surface area contributed by atoms with E-state index >= 15 is 0 Å². The molecule has 0 saturated carbocycles. The molecule has 1 heterocycles. The van der Waals surface area contributed by atoms with Gasteiger partial charge in [-0.3, -0.25) is 19.9 Å². The quantitative estimate of drug-likeness (QED) is 0.439. The van der Waals surface area contributed by atoms with Gasteiger partial charge in [0, 0.05) is 24.1 Å². The number of para-hydroxylation sites is 1. The topological polar surface area (TPSA) is 97.7 Å². The standard InChI is InChI=1S/C19H17N3O4/c1-3-21-16-10-5-4-9-15(16)18(23)17(19(21)24)12(2)20-13-7-6-8-14(11-13)22(25)26/h4-11,23H,3H2,1-2H3. The van der Waals surface area contributed by atoms with Crippen LogP contribution in [0.4, 0.5) is 11.4 Å². The highest BCUT2D eigenvalue weighted by atomic mass is 16.6.